The van der Waals surface area contributed by atoms with E-state index in [0.29, 0.717) is 5.75 Å². The Morgan fingerprint density at radius 2 is 1.79 bits per heavy atom. The van der Waals surface area contributed by atoms with Crippen molar-refractivity contribution in [2.45, 2.75) is 6.92 Å². The van der Waals surface area contributed by atoms with Crippen molar-refractivity contribution in [1.29, 1.82) is 0 Å². The second-order valence-electron chi connectivity index (χ2n) is 4.41. The SMILES string of the molecule is Cc1c2ccccc2[te][n+]1C=Cc1ccc(O)cc1. The van der Waals surface area contributed by atoms with Gasteiger partial charge in [-0.3, -0.25) is 0 Å². The monoisotopic (exact) mass is 366 g/mol. The molecular weight excluding hydrogens is 350 g/mol. The maximum atomic E-state index is 9.26. The standard InChI is InChI=1S/C16H13NOTe/c1-12-15-4-2-3-5-16(15)19-17(12)11-10-13-6-8-14(18)9-7-13/h2-11H,1H3/p+1. The molecule has 0 atom stereocenters. The molecule has 0 aliphatic rings. The molecule has 0 fully saturated rings. The quantitative estimate of drug-likeness (QED) is 0.695. The van der Waals surface area contributed by atoms with Gasteiger partial charge < -0.3 is 0 Å². The fourth-order valence-corrected chi connectivity index (χ4v) is 4.94. The van der Waals surface area contributed by atoms with E-state index >= 15 is 0 Å². The van der Waals surface area contributed by atoms with Gasteiger partial charge >= 0.3 is 122 Å². The van der Waals surface area contributed by atoms with Crippen LogP contribution in [0.2, 0.25) is 0 Å². The fourth-order valence-electron chi connectivity index (χ4n) is 2.02. The van der Waals surface area contributed by atoms with Crippen LogP contribution in [-0.2, 0) is 0 Å². The van der Waals surface area contributed by atoms with Crippen LogP contribution in [0.5, 0.6) is 5.75 Å². The van der Waals surface area contributed by atoms with Gasteiger partial charge in [-0.2, -0.15) is 0 Å². The van der Waals surface area contributed by atoms with E-state index in [4.69, 9.17) is 0 Å². The number of phenolic OH excluding ortho intramolecular Hbond substituents is 1. The zero-order valence-electron chi connectivity index (χ0n) is 10.6. The van der Waals surface area contributed by atoms with Gasteiger partial charge in [0.05, 0.1) is 0 Å². The summed E-state index contributed by atoms with van der Waals surface area (Å²) in [6.07, 6.45) is 4.25. The van der Waals surface area contributed by atoms with E-state index in [1.54, 1.807) is 12.1 Å². The van der Waals surface area contributed by atoms with E-state index in [9.17, 15) is 5.11 Å². The van der Waals surface area contributed by atoms with Crippen molar-refractivity contribution in [2.75, 3.05) is 0 Å². The molecule has 94 valence electrons. The summed E-state index contributed by atoms with van der Waals surface area (Å²) in [5, 5.41) is 10.7. The van der Waals surface area contributed by atoms with Crippen molar-refractivity contribution < 1.29 is 7.90 Å². The van der Waals surface area contributed by atoms with Gasteiger partial charge in [0.2, 0.25) is 0 Å². The molecule has 3 rings (SSSR count). The van der Waals surface area contributed by atoms with Crippen LogP contribution in [0.25, 0.3) is 21.1 Å². The van der Waals surface area contributed by atoms with Crippen LogP contribution >= 0.6 is 0 Å². The van der Waals surface area contributed by atoms with Crippen LogP contribution in [0.15, 0.2) is 48.5 Å². The van der Waals surface area contributed by atoms with Gasteiger partial charge in [0.1, 0.15) is 0 Å². The molecule has 0 radical (unpaired) electrons. The number of benzene rings is 2. The zero-order chi connectivity index (χ0) is 13.2. The Kier molecular flexibility index (Phi) is 3.42. The molecular formula is C16H14NOTe+. The molecule has 0 aliphatic carbocycles. The molecule has 2 nitrogen and oxygen atoms in total. The fraction of sp³-hybridized carbons (Fsp3) is 0.0625. The summed E-state index contributed by atoms with van der Waals surface area (Å²) in [7, 11) is 0. The van der Waals surface area contributed by atoms with Crippen molar-refractivity contribution in [3.8, 4) is 5.75 Å². The van der Waals surface area contributed by atoms with E-state index in [1.807, 2.05) is 12.1 Å². The summed E-state index contributed by atoms with van der Waals surface area (Å²) in [5.41, 5.74) is 2.45. The number of hydrogen-bond acceptors (Lipinski definition) is 1. The third-order valence-corrected chi connectivity index (χ3v) is 6.37. The first-order chi connectivity index (χ1) is 9.24. The van der Waals surface area contributed by atoms with Crippen molar-refractivity contribution in [3.05, 3.63) is 59.8 Å². The molecule has 0 spiro atoms. The Hall–Kier alpha value is -1.56. The summed E-state index contributed by atoms with van der Waals surface area (Å²) in [4.78, 5) is 0. The number of aromatic hydroxyl groups is 1. The number of aromatic nitrogens is 1. The first-order valence-electron chi connectivity index (χ1n) is 6.11. The normalized spacial score (nSPS) is 11.4. The van der Waals surface area contributed by atoms with E-state index in [2.05, 4.69) is 46.3 Å². The average molecular weight is 364 g/mol. The van der Waals surface area contributed by atoms with Gasteiger partial charge in [0, 0.05) is 0 Å². The molecule has 0 amide bonds. The molecule has 2 aromatic carbocycles. The average Bonchev–Trinajstić information content (AvgIpc) is 2.76. The van der Waals surface area contributed by atoms with Crippen molar-refractivity contribution in [2.24, 2.45) is 0 Å². The predicted molar refractivity (Wildman–Crippen MR) is 79.2 cm³/mol. The third-order valence-electron chi connectivity index (χ3n) is 3.10. The van der Waals surface area contributed by atoms with Gasteiger partial charge in [0.25, 0.3) is 0 Å². The van der Waals surface area contributed by atoms with Crippen LogP contribution in [0.4, 0.5) is 0 Å². The number of phenols is 1. The predicted octanol–water partition coefficient (Wildman–Crippen LogP) is 2.83. The second-order valence-corrected chi connectivity index (χ2v) is 7.31. The first kappa shape index (κ1) is 12.5. The van der Waals surface area contributed by atoms with Crippen molar-refractivity contribution in [1.82, 2.24) is 0 Å². The summed E-state index contributed by atoms with van der Waals surface area (Å²) in [6, 6.07) is 15.9. The molecule has 0 bridgehead atoms. The maximum absolute atomic E-state index is 9.26. The Balaban J connectivity index is 1.97. The van der Waals surface area contributed by atoms with Crippen LogP contribution in [-0.4, -0.2) is 25.8 Å². The van der Waals surface area contributed by atoms with Gasteiger partial charge in [-0.1, -0.05) is 0 Å². The Labute approximate surface area is 122 Å². The molecule has 19 heavy (non-hydrogen) atoms. The molecule has 0 unspecified atom stereocenters. The van der Waals surface area contributed by atoms with Crippen LogP contribution in [0.1, 0.15) is 11.3 Å². The summed E-state index contributed by atoms with van der Waals surface area (Å²) >= 11 is -0.320. The molecule has 1 heterocycles. The number of nitrogens with zero attached hydrogens (tertiary/aromatic N) is 1. The Bertz CT molecular complexity index is 741. The first-order valence-corrected chi connectivity index (χ1v) is 8.32. The molecule has 0 saturated heterocycles. The number of aryl methyl sites for hydroxylation is 1. The molecule has 0 aliphatic heterocycles. The molecule has 1 aromatic heterocycles. The van der Waals surface area contributed by atoms with Gasteiger partial charge in [-0.15, -0.1) is 0 Å². The van der Waals surface area contributed by atoms with Crippen LogP contribution in [0, 0.1) is 6.92 Å². The minimum absolute atomic E-state index is 0.308. The Morgan fingerprint density at radius 3 is 2.53 bits per heavy atom. The zero-order valence-corrected chi connectivity index (χ0v) is 12.9. The number of rotatable bonds is 2. The van der Waals surface area contributed by atoms with E-state index in [1.165, 1.54) is 14.5 Å². The van der Waals surface area contributed by atoms with E-state index in [0.717, 1.165) is 5.56 Å². The topological polar surface area (TPSA) is 24.1 Å². The van der Waals surface area contributed by atoms with Gasteiger partial charge in [0.15, 0.2) is 0 Å². The molecule has 3 heteroatoms. The van der Waals surface area contributed by atoms with E-state index < -0.39 is 0 Å². The van der Waals surface area contributed by atoms with Crippen molar-refractivity contribution in [3.63, 3.8) is 0 Å². The number of hydrogen-bond donors (Lipinski definition) is 1. The second kappa shape index (κ2) is 5.20. The van der Waals surface area contributed by atoms with Gasteiger partial charge in [-0.25, -0.2) is 0 Å². The summed E-state index contributed by atoms with van der Waals surface area (Å²) < 4.78 is 3.88. The Morgan fingerprint density at radius 1 is 1.05 bits per heavy atom. The molecule has 1 N–H and O–H groups in total. The van der Waals surface area contributed by atoms with Crippen molar-refractivity contribution >= 4 is 41.8 Å². The van der Waals surface area contributed by atoms with E-state index in [-0.39, 0.29) is 20.7 Å². The third kappa shape index (κ3) is 2.58. The number of fused-ring (bicyclic) bond motifs is 1. The summed E-state index contributed by atoms with van der Waals surface area (Å²) in [5.74, 6) is 0.308. The van der Waals surface area contributed by atoms with Crippen LogP contribution < -0.4 is 2.79 Å². The van der Waals surface area contributed by atoms with Gasteiger partial charge in [-0.05, 0) is 0 Å². The molecule has 3 aromatic rings. The van der Waals surface area contributed by atoms with Crippen LogP contribution in [0.3, 0.4) is 0 Å². The molecule has 0 saturated carbocycles. The summed E-state index contributed by atoms with van der Waals surface area (Å²) in [6.45, 7) is 2.18. The minimum atomic E-state index is -0.320.